The highest BCUT2D eigenvalue weighted by atomic mass is 16.6. The predicted octanol–water partition coefficient (Wildman–Crippen LogP) is 3.63. The predicted molar refractivity (Wildman–Crippen MR) is 193 cm³/mol. The molecule has 50 heavy (non-hydrogen) atoms. The summed E-state index contributed by atoms with van der Waals surface area (Å²) < 4.78 is 7.34. The first-order valence-electron chi connectivity index (χ1n) is 17.7. The van der Waals surface area contributed by atoms with Crippen molar-refractivity contribution in [3.8, 4) is 0 Å². The van der Waals surface area contributed by atoms with Gasteiger partial charge in [0.25, 0.3) is 0 Å². The van der Waals surface area contributed by atoms with Crippen LogP contribution in [0.5, 0.6) is 0 Å². The number of benzene rings is 2. The maximum absolute atomic E-state index is 12.9. The number of carbonyl (C=O) groups is 1. The number of amides is 2. The molecule has 2 aromatic heterocycles. The van der Waals surface area contributed by atoms with Crippen molar-refractivity contribution in [2.75, 3.05) is 38.1 Å². The number of nitrogens with one attached hydrogen (secondary N) is 3. The number of fused-ring (bicyclic) bond motifs is 1. The van der Waals surface area contributed by atoms with Gasteiger partial charge in [0, 0.05) is 38.1 Å². The van der Waals surface area contributed by atoms with Gasteiger partial charge >= 0.3 is 6.03 Å². The number of nitrogens with zero attached hydrogens (tertiary/aromatic N) is 5. The van der Waals surface area contributed by atoms with Crippen molar-refractivity contribution in [3.63, 3.8) is 0 Å². The van der Waals surface area contributed by atoms with Gasteiger partial charge in [-0.05, 0) is 29.9 Å². The Kier molecular flexibility index (Phi) is 13.1. The maximum atomic E-state index is 12.9. The van der Waals surface area contributed by atoms with E-state index in [0.717, 1.165) is 37.1 Å². The Morgan fingerprint density at radius 2 is 1.62 bits per heavy atom. The molecule has 1 fully saturated rings. The van der Waals surface area contributed by atoms with Crippen LogP contribution in [0.15, 0.2) is 67.0 Å². The van der Waals surface area contributed by atoms with Gasteiger partial charge < -0.3 is 36.0 Å². The second-order valence-electron chi connectivity index (χ2n) is 13.3. The summed E-state index contributed by atoms with van der Waals surface area (Å²) in [4.78, 5) is 29.5. The largest absolute Gasteiger partial charge is 0.394 e. The third kappa shape index (κ3) is 8.95. The topological polar surface area (TPSA) is 170 Å². The van der Waals surface area contributed by atoms with E-state index in [2.05, 4.69) is 77.8 Å². The van der Waals surface area contributed by atoms with E-state index in [1.165, 1.54) is 10.9 Å². The molecule has 0 bridgehead atoms. The Balaban J connectivity index is 1.37. The van der Waals surface area contributed by atoms with Crippen LogP contribution in [0.25, 0.3) is 11.2 Å². The highest BCUT2D eigenvalue weighted by Gasteiger charge is 2.44. The molecule has 3 heterocycles. The van der Waals surface area contributed by atoms with Crippen LogP contribution in [0.1, 0.15) is 69.6 Å². The van der Waals surface area contributed by atoms with Crippen LogP contribution >= 0.6 is 0 Å². The highest BCUT2D eigenvalue weighted by Crippen LogP contribution is 2.33. The average Bonchev–Trinajstić information content (AvgIpc) is 3.68. The highest BCUT2D eigenvalue weighted by molar-refractivity contribution is 5.83. The van der Waals surface area contributed by atoms with Gasteiger partial charge in [0.1, 0.15) is 18.3 Å². The lowest BCUT2D eigenvalue weighted by atomic mass is 9.91. The zero-order valence-electron chi connectivity index (χ0n) is 29.4. The molecular weight excluding hydrogens is 636 g/mol. The number of anilines is 1. The van der Waals surface area contributed by atoms with Crippen LogP contribution in [-0.2, 0) is 11.3 Å². The van der Waals surface area contributed by atoms with E-state index >= 15 is 0 Å². The van der Waals surface area contributed by atoms with Crippen molar-refractivity contribution < 1.29 is 24.9 Å². The molecule has 0 unspecified atom stereocenters. The minimum absolute atomic E-state index is 0.00687. The fourth-order valence-corrected chi connectivity index (χ4v) is 6.69. The molecule has 2 aromatic carbocycles. The van der Waals surface area contributed by atoms with Crippen molar-refractivity contribution >= 4 is 23.0 Å². The molecule has 1 aliphatic heterocycles. The molecule has 0 spiro atoms. The summed E-state index contributed by atoms with van der Waals surface area (Å²) in [5.74, 6) is 1.28. The fourth-order valence-electron chi connectivity index (χ4n) is 6.69. The van der Waals surface area contributed by atoms with Gasteiger partial charge in [-0.2, -0.15) is 0 Å². The molecule has 5 rings (SSSR count). The van der Waals surface area contributed by atoms with Gasteiger partial charge in [-0.25, -0.2) is 19.7 Å². The fraction of sp³-hybridized carbons (Fsp3) is 0.514. The summed E-state index contributed by atoms with van der Waals surface area (Å²) in [7, 11) is 0. The van der Waals surface area contributed by atoms with Crippen LogP contribution in [0.4, 0.5) is 10.6 Å². The first-order valence-corrected chi connectivity index (χ1v) is 17.7. The van der Waals surface area contributed by atoms with Gasteiger partial charge in [-0.15, -0.1) is 0 Å². The standard InChI is InChI=1S/C37H52N8O5/c1-5-27(6-2)44(21-24(3)4)18-17-38-37(49)40-20-30-42-34(39-19-28(25-13-9-7-10-14-25)26-15-11-8-12-16-26)31-35(43-30)45(23-41-31)36-33(48)32(47)29(22-46)50-36/h7-16,23-24,27-29,32-33,36,46-48H,5-6,17-22H2,1-4H3,(H2,38,40,49)(H,39,42,43)/t29-,32-,33+,36-/m1/s1. The first kappa shape index (κ1) is 37.1. The number of aromatic nitrogens is 4. The van der Waals surface area contributed by atoms with Crippen LogP contribution < -0.4 is 16.0 Å². The molecular formula is C37H52N8O5. The number of imidazole rings is 1. The Morgan fingerprint density at radius 3 is 2.20 bits per heavy atom. The third-order valence-electron chi connectivity index (χ3n) is 9.29. The van der Waals surface area contributed by atoms with Crippen molar-refractivity contribution in [3.05, 3.63) is 83.9 Å². The summed E-state index contributed by atoms with van der Waals surface area (Å²) in [6.07, 6.45) is -1.02. The van der Waals surface area contributed by atoms with Gasteiger partial charge in [0.15, 0.2) is 29.0 Å². The van der Waals surface area contributed by atoms with Crippen molar-refractivity contribution in [1.29, 1.82) is 0 Å². The molecule has 0 radical (unpaired) electrons. The van der Waals surface area contributed by atoms with Gasteiger partial charge in [-0.1, -0.05) is 88.4 Å². The number of carbonyl (C=O) groups excluding carboxylic acids is 1. The summed E-state index contributed by atoms with van der Waals surface area (Å²) in [6.45, 7) is 11.1. The lowest BCUT2D eigenvalue weighted by Gasteiger charge is -2.32. The van der Waals surface area contributed by atoms with Crippen molar-refractivity contribution in [1.82, 2.24) is 35.1 Å². The molecule has 0 aliphatic carbocycles. The number of rotatable bonds is 17. The van der Waals surface area contributed by atoms with E-state index in [-0.39, 0.29) is 18.5 Å². The molecule has 1 saturated heterocycles. The van der Waals surface area contributed by atoms with E-state index in [0.29, 0.717) is 47.9 Å². The maximum Gasteiger partial charge on any atom is 0.315 e. The summed E-state index contributed by atoms with van der Waals surface area (Å²) in [5, 5.41) is 40.3. The molecule has 270 valence electrons. The van der Waals surface area contributed by atoms with Crippen LogP contribution in [0.3, 0.4) is 0 Å². The lowest BCUT2D eigenvalue weighted by Crippen LogP contribution is -2.44. The second-order valence-corrected chi connectivity index (χ2v) is 13.3. The van der Waals surface area contributed by atoms with E-state index in [1.807, 2.05) is 36.4 Å². The smallest absolute Gasteiger partial charge is 0.315 e. The zero-order valence-corrected chi connectivity index (χ0v) is 29.4. The first-order chi connectivity index (χ1) is 24.2. The number of ether oxygens (including phenoxy) is 1. The molecule has 13 heteroatoms. The van der Waals surface area contributed by atoms with Gasteiger partial charge in [0.05, 0.1) is 19.5 Å². The molecule has 4 atom stereocenters. The number of hydrogen-bond donors (Lipinski definition) is 6. The minimum atomic E-state index is -1.32. The quantitative estimate of drug-likeness (QED) is 0.0964. The van der Waals surface area contributed by atoms with Gasteiger partial charge in [-0.3, -0.25) is 9.47 Å². The number of aliphatic hydroxyl groups excluding tert-OH is 3. The molecule has 1 aliphatic rings. The summed E-state index contributed by atoms with van der Waals surface area (Å²) >= 11 is 0. The normalized spacial score (nSPS) is 19.3. The number of hydrogen-bond acceptors (Lipinski definition) is 10. The van der Waals surface area contributed by atoms with Crippen LogP contribution in [-0.4, -0.2) is 103 Å². The zero-order chi connectivity index (χ0) is 35.6. The van der Waals surface area contributed by atoms with Crippen LogP contribution in [0, 0.1) is 5.92 Å². The van der Waals surface area contributed by atoms with Crippen LogP contribution in [0.2, 0.25) is 0 Å². The van der Waals surface area contributed by atoms with E-state index in [9.17, 15) is 20.1 Å². The lowest BCUT2D eigenvalue weighted by molar-refractivity contribution is -0.0511. The van der Waals surface area contributed by atoms with E-state index in [4.69, 9.17) is 14.7 Å². The Bertz CT molecular complexity index is 1600. The Morgan fingerprint density at radius 1 is 0.960 bits per heavy atom. The number of urea groups is 1. The number of aliphatic hydroxyl groups is 3. The molecule has 6 N–H and O–H groups in total. The van der Waals surface area contributed by atoms with E-state index < -0.39 is 31.1 Å². The Hall–Kier alpha value is -4.14. The monoisotopic (exact) mass is 688 g/mol. The molecule has 13 nitrogen and oxygen atoms in total. The molecule has 2 amide bonds. The second kappa shape index (κ2) is 17.7. The minimum Gasteiger partial charge on any atom is -0.394 e. The van der Waals surface area contributed by atoms with Crippen molar-refractivity contribution in [2.24, 2.45) is 5.92 Å². The van der Waals surface area contributed by atoms with E-state index in [1.54, 1.807) is 0 Å². The third-order valence-corrected chi connectivity index (χ3v) is 9.29. The Labute approximate surface area is 294 Å². The molecule has 0 saturated carbocycles. The van der Waals surface area contributed by atoms with Crippen molar-refractivity contribution in [2.45, 2.75) is 83.6 Å². The summed E-state index contributed by atoms with van der Waals surface area (Å²) in [5.41, 5.74) is 3.04. The summed E-state index contributed by atoms with van der Waals surface area (Å²) in [6, 6.07) is 20.5. The van der Waals surface area contributed by atoms with Gasteiger partial charge in [0.2, 0.25) is 0 Å². The average molecular weight is 689 g/mol. The molecule has 4 aromatic rings. The SMILES string of the molecule is CCC(CC)N(CCNC(=O)NCc1nc(NCC(c2ccccc2)c2ccccc2)c2ncn([C@@H]3O[C@H](CO)[C@@H](O)[C@@H]3O)c2n1)CC(C)C.